The highest BCUT2D eigenvalue weighted by Crippen LogP contribution is 2.34. The van der Waals surface area contributed by atoms with Gasteiger partial charge in [0.25, 0.3) is 20.0 Å². The fourth-order valence-electron chi connectivity index (χ4n) is 5.39. The second-order valence-corrected chi connectivity index (χ2v) is 13.4. The molecule has 0 aromatic heterocycles. The third-order valence-electron chi connectivity index (χ3n) is 7.35. The fraction of sp³-hybridized carbons (Fsp3) is 0.200. The van der Waals surface area contributed by atoms with Crippen LogP contribution in [0.1, 0.15) is 24.0 Å². The van der Waals surface area contributed by atoms with Crippen molar-refractivity contribution >= 4 is 31.4 Å². The first-order valence-corrected chi connectivity index (χ1v) is 15.7. The van der Waals surface area contributed by atoms with Crippen molar-refractivity contribution in [2.45, 2.75) is 35.5 Å². The third kappa shape index (κ3) is 4.27. The van der Waals surface area contributed by atoms with Crippen LogP contribution >= 0.6 is 0 Å². The van der Waals surface area contributed by atoms with Gasteiger partial charge in [-0.15, -0.1) is 0 Å². The molecule has 0 radical (unpaired) electrons. The predicted molar refractivity (Wildman–Crippen MR) is 150 cm³/mol. The van der Waals surface area contributed by atoms with E-state index in [1.807, 2.05) is 48.5 Å². The van der Waals surface area contributed by atoms with Crippen molar-refractivity contribution in [1.29, 1.82) is 0 Å². The Hall–Kier alpha value is -3.62. The second kappa shape index (κ2) is 9.60. The van der Waals surface area contributed by atoms with Gasteiger partial charge in [0, 0.05) is 13.1 Å². The van der Waals surface area contributed by atoms with Gasteiger partial charge in [-0.05, 0) is 84.3 Å². The van der Waals surface area contributed by atoms with Crippen LogP contribution in [0.3, 0.4) is 0 Å². The summed E-state index contributed by atoms with van der Waals surface area (Å²) in [6.07, 6.45) is 3.31. The molecule has 2 heterocycles. The van der Waals surface area contributed by atoms with Crippen molar-refractivity contribution in [1.82, 2.24) is 0 Å². The molecule has 38 heavy (non-hydrogen) atoms. The Morgan fingerprint density at radius 3 is 1.24 bits per heavy atom. The molecule has 0 atom stereocenters. The van der Waals surface area contributed by atoms with Crippen molar-refractivity contribution in [3.8, 4) is 11.1 Å². The average molecular weight is 545 g/mol. The van der Waals surface area contributed by atoms with Gasteiger partial charge in [-0.3, -0.25) is 8.61 Å². The van der Waals surface area contributed by atoms with E-state index in [9.17, 15) is 16.8 Å². The Morgan fingerprint density at radius 1 is 0.474 bits per heavy atom. The topological polar surface area (TPSA) is 74.8 Å². The first kappa shape index (κ1) is 24.7. The molecule has 4 aromatic carbocycles. The maximum Gasteiger partial charge on any atom is 0.264 e. The zero-order valence-electron chi connectivity index (χ0n) is 20.8. The summed E-state index contributed by atoms with van der Waals surface area (Å²) in [6.45, 7) is 0.914. The molecule has 0 saturated heterocycles. The summed E-state index contributed by atoms with van der Waals surface area (Å²) in [4.78, 5) is 0.474. The van der Waals surface area contributed by atoms with Gasteiger partial charge in [-0.25, -0.2) is 16.8 Å². The summed E-state index contributed by atoms with van der Waals surface area (Å²) in [6, 6.07) is 28.9. The lowest BCUT2D eigenvalue weighted by Crippen LogP contribution is -2.35. The lowest BCUT2D eigenvalue weighted by molar-refractivity contribution is 0.585. The predicted octanol–water partition coefficient (Wildman–Crippen LogP) is 5.64. The second-order valence-electron chi connectivity index (χ2n) is 9.67. The lowest BCUT2D eigenvalue weighted by atomic mass is 10.0. The third-order valence-corrected chi connectivity index (χ3v) is 11.0. The van der Waals surface area contributed by atoms with Crippen LogP contribution < -0.4 is 8.61 Å². The Kier molecular flexibility index (Phi) is 6.24. The molecular weight excluding hydrogens is 516 g/mol. The monoisotopic (exact) mass is 544 g/mol. The number of fused-ring (bicyclic) bond motifs is 2. The van der Waals surface area contributed by atoms with Crippen LogP contribution in [-0.4, -0.2) is 29.9 Å². The standard InChI is InChI=1S/C30H28N2O4S2/c33-37(34,31-21-5-9-25-7-1-3-11-29(25)31)27-17-13-23(14-18-27)24-15-19-28(20-16-24)38(35,36)32-22-6-10-26-8-2-4-12-30(26)32/h1-4,7-8,11-20H,5-6,9-10,21-22H2. The average Bonchev–Trinajstić information content (AvgIpc) is 2.96. The molecule has 0 saturated carbocycles. The van der Waals surface area contributed by atoms with Crippen LogP contribution in [0.4, 0.5) is 11.4 Å². The number of sulfonamides is 2. The Morgan fingerprint density at radius 2 is 0.842 bits per heavy atom. The van der Waals surface area contributed by atoms with E-state index in [-0.39, 0.29) is 9.79 Å². The molecular formula is C30H28N2O4S2. The smallest absolute Gasteiger partial charge is 0.264 e. The number of rotatable bonds is 5. The molecule has 2 aliphatic rings. The van der Waals surface area contributed by atoms with Gasteiger partial charge in [0.15, 0.2) is 0 Å². The minimum atomic E-state index is -3.69. The van der Waals surface area contributed by atoms with Gasteiger partial charge in [0.05, 0.1) is 21.2 Å². The summed E-state index contributed by atoms with van der Waals surface area (Å²) in [5, 5.41) is 0. The van der Waals surface area contributed by atoms with E-state index in [1.165, 1.54) is 8.61 Å². The van der Waals surface area contributed by atoms with Gasteiger partial charge in [-0.2, -0.15) is 0 Å². The Balaban J connectivity index is 1.25. The summed E-state index contributed by atoms with van der Waals surface area (Å²) >= 11 is 0. The quantitative estimate of drug-likeness (QED) is 0.326. The molecule has 4 aromatic rings. The lowest BCUT2D eigenvalue weighted by Gasteiger charge is -2.30. The first-order chi connectivity index (χ1) is 18.4. The van der Waals surface area contributed by atoms with E-state index in [1.54, 1.807) is 48.5 Å². The molecule has 2 aliphatic heterocycles. The summed E-state index contributed by atoms with van der Waals surface area (Å²) in [5.41, 5.74) is 5.21. The van der Waals surface area contributed by atoms with Crippen LogP contribution in [0.25, 0.3) is 11.1 Å². The normalized spacial score (nSPS) is 15.6. The number of hydrogen-bond acceptors (Lipinski definition) is 4. The number of hydrogen-bond donors (Lipinski definition) is 0. The number of anilines is 2. The summed E-state index contributed by atoms with van der Waals surface area (Å²) in [5.74, 6) is 0. The molecule has 0 fully saturated rings. The number of para-hydroxylation sites is 2. The van der Waals surface area contributed by atoms with E-state index >= 15 is 0 Å². The van der Waals surface area contributed by atoms with Crippen LogP contribution in [0, 0.1) is 0 Å². The van der Waals surface area contributed by atoms with E-state index < -0.39 is 20.0 Å². The van der Waals surface area contributed by atoms with Crippen molar-refractivity contribution < 1.29 is 16.8 Å². The Bertz CT molecular complexity index is 1570. The SMILES string of the molecule is O=S(=O)(c1ccc(-c2ccc(S(=O)(=O)N3CCCc4ccccc43)cc2)cc1)N1CCCc2ccccc21. The van der Waals surface area contributed by atoms with E-state index in [0.717, 1.165) is 59.3 Å². The van der Waals surface area contributed by atoms with Gasteiger partial charge >= 0.3 is 0 Å². The van der Waals surface area contributed by atoms with Crippen molar-refractivity contribution in [2.75, 3.05) is 21.7 Å². The summed E-state index contributed by atoms with van der Waals surface area (Å²) < 4.78 is 56.8. The molecule has 8 heteroatoms. The molecule has 0 unspecified atom stereocenters. The van der Waals surface area contributed by atoms with Crippen LogP contribution in [0.15, 0.2) is 107 Å². The Labute approximate surface area is 224 Å². The minimum Gasteiger partial charge on any atom is -0.266 e. The van der Waals surface area contributed by atoms with Gasteiger partial charge < -0.3 is 0 Å². The largest absolute Gasteiger partial charge is 0.266 e. The van der Waals surface area contributed by atoms with Gasteiger partial charge in [0.2, 0.25) is 0 Å². The molecule has 0 aliphatic carbocycles. The van der Waals surface area contributed by atoms with E-state index in [2.05, 4.69) is 0 Å². The van der Waals surface area contributed by atoms with Crippen molar-refractivity contribution in [3.63, 3.8) is 0 Å². The van der Waals surface area contributed by atoms with Gasteiger partial charge in [-0.1, -0.05) is 60.7 Å². The van der Waals surface area contributed by atoms with Crippen LogP contribution in [0.5, 0.6) is 0 Å². The van der Waals surface area contributed by atoms with E-state index in [0.29, 0.717) is 13.1 Å². The highest BCUT2D eigenvalue weighted by atomic mass is 32.2. The molecule has 0 bridgehead atoms. The van der Waals surface area contributed by atoms with Crippen molar-refractivity contribution in [3.05, 3.63) is 108 Å². The van der Waals surface area contributed by atoms with Crippen LogP contribution in [-0.2, 0) is 32.9 Å². The fourth-order valence-corrected chi connectivity index (χ4v) is 8.47. The number of benzene rings is 4. The first-order valence-electron chi connectivity index (χ1n) is 12.8. The molecule has 6 rings (SSSR count). The minimum absolute atomic E-state index is 0.237. The van der Waals surface area contributed by atoms with Crippen molar-refractivity contribution in [2.24, 2.45) is 0 Å². The maximum absolute atomic E-state index is 13.4. The zero-order chi connectivity index (χ0) is 26.3. The van der Waals surface area contributed by atoms with Crippen LogP contribution in [0.2, 0.25) is 0 Å². The highest BCUT2D eigenvalue weighted by Gasteiger charge is 2.30. The van der Waals surface area contributed by atoms with Gasteiger partial charge in [0.1, 0.15) is 0 Å². The molecule has 6 nitrogen and oxygen atoms in total. The molecule has 194 valence electrons. The van der Waals surface area contributed by atoms with E-state index in [4.69, 9.17) is 0 Å². The number of nitrogens with zero attached hydrogens (tertiary/aromatic N) is 2. The highest BCUT2D eigenvalue weighted by molar-refractivity contribution is 7.93. The number of aryl methyl sites for hydroxylation is 2. The zero-order valence-corrected chi connectivity index (χ0v) is 22.5. The maximum atomic E-state index is 13.4. The molecule has 0 spiro atoms. The molecule has 0 amide bonds. The molecule has 0 N–H and O–H groups in total. The summed E-state index contributed by atoms with van der Waals surface area (Å²) in [7, 11) is -7.38.